The minimum absolute atomic E-state index is 0.286. The van der Waals surface area contributed by atoms with E-state index in [9.17, 15) is 0 Å². The molecule has 0 fully saturated rings. The van der Waals surface area contributed by atoms with Crippen molar-refractivity contribution >= 4 is 35.5 Å². The van der Waals surface area contributed by atoms with Gasteiger partial charge in [0.15, 0.2) is 11.1 Å². The van der Waals surface area contributed by atoms with Crippen LogP contribution >= 0.6 is 24.4 Å². The molecule has 0 bridgehead atoms. The maximum Gasteiger partial charge on any atom is 0.241 e. The van der Waals surface area contributed by atoms with Crippen molar-refractivity contribution in [3.05, 3.63) is 0 Å². The van der Waals surface area contributed by atoms with Crippen LogP contribution in [0, 0.1) is 0 Å². The molecule has 0 aromatic rings. The van der Waals surface area contributed by atoms with Crippen molar-refractivity contribution in [3.63, 3.8) is 0 Å². The van der Waals surface area contributed by atoms with Gasteiger partial charge < -0.3 is 9.47 Å². The van der Waals surface area contributed by atoms with Gasteiger partial charge in [0.2, 0.25) is 6.29 Å². The molecule has 0 aromatic carbocycles. The third kappa shape index (κ3) is 6.49. The highest BCUT2D eigenvalue weighted by Gasteiger charge is 2.05. The highest BCUT2D eigenvalue weighted by atomic mass is 32.1. The topological polar surface area (TPSA) is 18.5 Å². The van der Waals surface area contributed by atoms with E-state index < -0.39 is 0 Å². The average Bonchev–Trinajstić information content (AvgIpc) is 2.06. The zero-order chi connectivity index (χ0) is 9.23. The Morgan fingerprint density at radius 2 is 1.75 bits per heavy atom. The van der Waals surface area contributed by atoms with Crippen LogP contribution in [0.5, 0.6) is 0 Å². The summed E-state index contributed by atoms with van der Waals surface area (Å²) >= 11 is 9.09. The highest BCUT2D eigenvalue weighted by molar-refractivity contribution is 7.78. The molecule has 0 aromatic heterocycles. The van der Waals surface area contributed by atoms with Crippen molar-refractivity contribution in [1.82, 2.24) is 0 Å². The normalized spacial score (nSPS) is 9.50. The molecule has 0 atom stereocenters. The van der Waals surface area contributed by atoms with Gasteiger partial charge in [-0.15, -0.1) is 0 Å². The Hall–Kier alpha value is -0.220. The Bertz CT molecular complexity index is 118. The van der Waals surface area contributed by atoms with Gasteiger partial charge in [0.25, 0.3) is 0 Å². The van der Waals surface area contributed by atoms with E-state index in [1.54, 1.807) is 0 Å². The number of ether oxygens (including phenoxy) is 2. The monoisotopic (exact) mass is 206 g/mol. The number of unbranched alkanes of at least 4 members (excludes halogenated alkanes) is 2. The molecule has 12 heavy (non-hydrogen) atoms. The molecular formula is C8H14O2S2. The van der Waals surface area contributed by atoms with Crippen LogP contribution in [0.4, 0.5) is 0 Å². The summed E-state index contributed by atoms with van der Waals surface area (Å²) in [6.45, 7) is 2.15. The number of rotatable bonds is 8. The molecule has 0 aliphatic carbocycles. The van der Waals surface area contributed by atoms with Crippen molar-refractivity contribution < 1.29 is 9.47 Å². The summed E-state index contributed by atoms with van der Waals surface area (Å²) in [6.07, 6.45) is 3.99. The first-order chi connectivity index (χ1) is 5.85. The standard InChI is InChI=1S/C8H14O2S2/c1-2-3-4-5-8(9-6-11)10-7-12/h6-8H,2-5H2,1H3. The Morgan fingerprint density at radius 3 is 2.17 bits per heavy atom. The predicted molar refractivity (Wildman–Crippen MR) is 57.4 cm³/mol. The smallest absolute Gasteiger partial charge is 0.241 e. The molecule has 0 saturated heterocycles. The number of hydrogen-bond acceptors (Lipinski definition) is 4. The number of thiocarbonyl (C=S) groups is 2. The first-order valence-corrected chi connectivity index (χ1v) is 4.97. The fourth-order valence-corrected chi connectivity index (χ4v) is 1.10. The Balaban J connectivity index is 3.47. The molecule has 4 heteroatoms. The van der Waals surface area contributed by atoms with E-state index in [2.05, 4.69) is 31.4 Å². The van der Waals surface area contributed by atoms with Crippen LogP contribution < -0.4 is 0 Å². The van der Waals surface area contributed by atoms with Crippen LogP contribution in [0.2, 0.25) is 0 Å². The molecule has 0 heterocycles. The third-order valence-electron chi connectivity index (χ3n) is 1.46. The largest absolute Gasteiger partial charge is 0.451 e. The number of hydrogen-bond donors (Lipinski definition) is 0. The summed E-state index contributed by atoms with van der Waals surface area (Å²) in [5, 5.41) is 0. The van der Waals surface area contributed by atoms with Crippen molar-refractivity contribution in [1.29, 1.82) is 0 Å². The maximum absolute atomic E-state index is 5.00. The van der Waals surface area contributed by atoms with Crippen molar-refractivity contribution in [2.75, 3.05) is 0 Å². The van der Waals surface area contributed by atoms with E-state index in [-0.39, 0.29) is 6.29 Å². The van der Waals surface area contributed by atoms with Crippen LogP contribution in [0.15, 0.2) is 0 Å². The zero-order valence-electron chi connectivity index (χ0n) is 7.19. The fraction of sp³-hybridized carbons (Fsp3) is 0.750. The summed E-state index contributed by atoms with van der Waals surface area (Å²) in [5.41, 5.74) is 2.44. The molecule has 0 unspecified atom stereocenters. The maximum atomic E-state index is 5.00. The summed E-state index contributed by atoms with van der Waals surface area (Å²) in [4.78, 5) is 0. The predicted octanol–water partition coefficient (Wildman–Crippen LogP) is 2.84. The van der Waals surface area contributed by atoms with Gasteiger partial charge in [-0.25, -0.2) is 0 Å². The Labute approximate surface area is 84.2 Å². The Kier molecular flexibility index (Phi) is 8.71. The van der Waals surface area contributed by atoms with Gasteiger partial charge in [-0.3, -0.25) is 0 Å². The molecule has 0 saturated carbocycles. The van der Waals surface area contributed by atoms with Gasteiger partial charge >= 0.3 is 0 Å². The van der Waals surface area contributed by atoms with E-state index in [1.165, 1.54) is 23.9 Å². The molecule has 2 nitrogen and oxygen atoms in total. The lowest BCUT2D eigenvalue weighted by molar-refractivity contribution is -0.00739. The minimum Gasteiger partial charge on any atom is -0.451 e. The lowest BCUT2D eigenvalue weighted by Gasteiger charge is -2.13. The lowest BCUT2D eigenvalue weighted by atomic mass is 10.2. The highest BCUT2D eigenvalue weighted by Crippen LogP contribution is 2.06. The molecule has 0 spiro atoms. The van der Waals surface area contributed by atoms with Gasteiger partial charge in [0.05, 0.1) is 0 Å². The molecule has 70 valence electrons. The van der Waals surface area contributed by atoms with Crippen LogP contribution in [0.1, 0.15) is 32.6 Å². The van der Waals surface area contributed by atoms with E-state index >= 15 is 0 Å². The van der Waals surface area contributed by atoms with Gasteiger partial charge in [0.1, 0.15) is 0 Å². The van der Waals surface area contributed by atoms with Gasteiger partial charge in [-0.05, 0) is 30.9 Å². The van der Waals surface area contributed by atoms with Gasteiger partial charge in [0, 0.05) is 6.42 Å². The third-order valence-corrected chi connectivity index (χ3v) is 1.68. The lowest BCUT2D eigenvalue weighted by Crippen LogP contribution is -2.14. The van der Waals surface area contributed by atoms with Crippen LogP contribution in [-0.4, -0.2) is 17.4 Å². The summed E-state index contributed by atoms with van der Waals surface area (Å²) < 4.78 is 10.00. The Morgan fingerprint density at radius 1 is 1.17 bits per heavy atom. The summed E-state index contributed by atoms with van der Waals surface area (Å²) in [6, 6.07) is 0. The molecule has 0 radical (unpaired) electrons. The van der Waals surface area contributed by atoms with Gasteiger partial charge in [-0.1, -0.05) is 19.8 Å². The van der Waals surface area contributed by atoms with Crippen molar-refractivity contribution in [3.8, 4) is 0 Å². The van der Waals surface area contributed by atoms with Crippen LogP contribution in [-0.2, 0) is 9.47 Å². The SMILES string of the molecule is CCCCCC(OC=S)OC=S. The van der Waals surface area contributed by atoms with E-state index in [0.717, 1.165) is 12.8 Å². The fourth-order valence-electron chi connectivity index (χ4n) is 0.853. The minimum atomic E-state index is -0.286. The summed E-state index contributed by atoms with van der Waals surface area (Å²) in [7, 11) is 0. The second kappa shape index (κ2) is 8.87. The molecular weight excluding hydrogens is 192 g/mol. The van der Waals surface area contributed by atoms with Gasteiger partial charge in [-0.2, -0.15) is 0 Å². The van der Waals surface area contributed by atoms with E-state index in [0.29, 0.717) is 0 Å². The van der Waals surface area contributed by atoms with Crippen LogP contribution in [0.3, 0.4) is 0 Å². The first-order valence-electron chi connectivity index (χ1n) is 4.03. The molecule has 0 aliphatic rings. The molecule has 0 amide bonds. The molecule has 0 N–H and O–H groups in total. The molecule has 0 rings (SSSR count). The molecule has 0 aliphatic heterocycles. The van der Waals surface area contributed by atoms with Crippen molar-refractivity contribution in [2.24, 2.45) is 0 Å². The first kappa shape index (κ1) is 11.8. The summed E-state index contributed by atoms with van der Waals surface area (Å²) in [5.74, 6) is 0. The van der Waals surface area contributed by atoms with Crippen LogP contribution in [0.25, 0.3) is 0 Å². The second-order valence-corrected chi connectivity index (χ2v) is 2.77. The quantitative estimate of drug-likeness (QED) is 0.345. The second-order valence-electron chi connectivity index (χ2n) is 2.39. The van der Waals surface area contributed by atoms with E-state index in [4.69, 9.17) is 9.47 Å². The van der Waals surface area contributed by atoms with Crippen molar-refractivity contribution in [2.45, 2.75) is 38.9 Å². The zero-order valence-corrected chi connectivity index (χ0v) is 8.83. The van der Waals surface area contributed by atoms with E-state index in [1.807, 2.05) is 0 Å². The average molecular weight is 206 g/mol.